The molecule has 0 saturated carbocycles. The largest absolute Gasteiger partial charge is 0.271 e. The lowest BCUT2D eigenvalue weighted by Crippen LogP contribution is -2.29. The third-order valence-corrected chi connectivity index (χ3v) is 4.63. The molecule has 6 heteroatoms. The van der Waals surface area contributed by atoms with Crippen molar-refractivity contribution in [2.45, 2.75) is 18.9 Å². The number of nitrogens with two attached hydrogens (primary N) is 1. The summed E-state index contributed by atoms with van der Waals surface area (Å²) in [5, 5.41) is 2.09. The van der Waals surface area contributed by atoms with Crippen LogP contribution < -0.4 is 11.3 Å². The van der Waals surface area contributed by atoms with E-state index in [0.29, 0.717) is 0 Å². The van der Waals surface area contributed by atoms with Crippen LogP contribution in [0.2, 0.25) is 0 Å². The normalized spacial score (nSPS) is 12.6. The Morgan fingerprint density at radius 2 is 2.28 bits per heavy atom. The Labute approximate surface area is 127 Å². The van der Waals surface area contributed by atoms with Crippen LogP contribution in [0.25, 0.3) is 0 Å². The first-order chi connectivity index (χ1) is 8.70. The Morgan fingerprint density at radius 3 is 2.89 bits per heavy atom. The minimum absolute atomic E-state index is 0.0505. The molecule has 0 saturated heterocycles. The first-order valence-electron chi connectivity index (χ1n) is 5.50. The van der Waals surface area contributed by atoms with E-state index < -0.39 is 0 Å². The first-order valence-corrected chi connectivity index (χ1v) is 7.96. The Morgan fingerprint density at radius 1 is 1.44 bits per heavy atom. The topological polar surface area (TPSA) is 50.9 Å². The summed E-state index contributed by atoms with van der Waals surface area (Å²) in [5.74, 6) is 5.63. The van der Waals surface area contributed by atoms with E-state index in [-0.39, 0.29) is 6.04 Å². The SMILES string of the molecule is NNC(CCc1cccs1)c1ncc(Br)cc1Br. The molecule has 0 radical (unpaired) electrons. The van der Waals surface area contributed by atoms with Gasteiger partial charge >= 0.3 is 0 Å². The van der Waals surface area contributed by atoms with Crippen molar-refractivity contribution in [3.63, 3.8) is 0 Å². The Bertz CT molecular complexity index is 502. The quantitative estimate of drug-likeness (QED) is 0.602. The molecular formula is C12H13Br2N3S. The van der Waals surface area contributed by atoms with Gasteiger partial charge in [0.05, 0.1) is 11.7 Å². The van der Waals surface area contributed by atoms with Gasteiger partial charge < -0.3 is 0 Å². The highest BCUT2D eigenvalue weighted by molar-refractivity contribution is 9.11. The van der Waals surface area contributed by atoms with E-state index in [1.54, 1.807) is 17.5 Å². The van der Waals surface area contributed by atoms with Gasteiger partial charge in [0.15, 0.2) is 0 Å². The van der Waals surface area contributed by atoms with Crippen LogP contribution in [-0.2, 0) is 6.42 Å². The van der Waals surface area contributed by atoms with Gasteiger partial charge in [0.2, 0.25) is 0 Å². The van der Waals surface area contributed by atoms with Crippen LogP contribution in [0.5, 0.6) is 0 Å². The highest BCUT2D eigenvalue weighted by Gasteiger charge is 2.15. The van der Waals surface area contributed by atoms with Gasteiger partial charge in [0, 0.05) is 20.0 Å². The maximum Gasteiger partial charge on any atom is 0.0729 e. The fraction of sp³-hybridized carbons (Fsp3) is 0.250. The number of halogens is 2. The van der Waals surface area contributed by atoms with Crippen molar-refractivity contribution in [3.8, 4) is 0 Å². The van der Waals surface area contributed by atoms with Gasteiger partial charge in [-0.25, -0.2) is 0 Å². The number of thiophene rings is 1. The molecule has 3 N–H and O–H groups in total. The second-order valence-electron chi connectivity index (χ2n) is 3.86. The van der Waals surface area contributed by atoms with Crippen molar-refractivity contribution in [2.24, 2.45) is 5.84 Å². The molecule has 0 spiro atoms. The number of hydrazine groups is 1. The van der Waals surface area contributed by atoms with Gasteiger partial charge in [-0.15, -0.1) is 11.3 Å². The average molecular weight is 391 g/mol. The molecule has 0 fully saturated rings. The zero-order chi connectivity index (χ0) is 13.0. The van der Waals surface area contributed by atoms with Crippen molar-refractivity contribution < 1.29 is 0 Å². The van der Waals surface area contributed by atoms with E-state index in [2.05, 4.69) is 59.8 Å². The monoisotopic (exact) mass is 389 g/mol. The van der Waals surface area contributed by atoms with E-state index in [4.69, 9.17) is 5.84 Å². The predicted octanol–water partition coefficient (Wildman–Crippen LogP) is 3.81. The molecule has 0 bridgehead atoms. The van der Waals surface area contributed by atoms with Crippen molar-refractivity contribution >= 4 is 43.2 Å². The molecular weight excluding hydrogens is 378 g/mol. The number of aryl methyl sites for hydroxylation is 1. The summed E-state index contributed by atoms with van der Waals surface area (Å²) in [4.78, 5) is 5.78. The molecule has 2 aromatic rings. The van der Waals surface area contributed by atoms with Gasteiger partial charge in [-0.1, -0.05) is 6.07 Å². The smallest absolute Gasteiger partial charge is 0.0729 e. The zero-order valence-corrected chi connectivity index (χ0v) is 13.6. The summed E-state index contributed by atoms with van der Waals surface area (Å²) in [6.45, 7) is 0. The average Bonchev–Trinajstić information content (AvgIpc) is 2.85. The molecule has 0 aliphatic heterocycles. The van der Waals surface area contributed by atoms with Crippen molar-refractivity contribution in [1.29, 1.82) is 0 Å². The van der Waals surface area contributed by atoms with Crippen LogP contribution in [0.4, 0.5) is 0 Å². The Hall–Kier alpha value is -0.270. The summed E-state index contributed by atoms with van der Waals surface area (Å²) >= 11 is 8.69. The lowest BCUT2D eigenvalue weighted by atomic mass is 10.1. The van der Waals surface area contributed by atoms with Crippen LogP contribution in [-0.4, -0.2) is 4.98 Å². The first kappa shape index (κ1) is 14.1. The molecule has 1 atom stereocenters. The number of aromatic nitrogens is 1. The lowest BCUT2D eigenvalue weighted by molar-refractivity contribution is 0.504. The summed E-state index contributed by atoms with van der Waals surface area (Å²) in [5.41, 5.74) is 3.78. The minimum atomic E-state index is 0.0505. The molecule has 3 nitrogen and oxygen atoms in total. The maximum absolute atomic E-state index is 5.63. The van der Waals surface area contributed by atoms with Gasteiger partial charge in [-0.05, 0) is 62.2 Å². The van der Waals surface area contributed by atoms with Gasteiger partial charge in [0.1, 0.15) is 0 Å². The van der Waals surface area contributed by atoms with Crippen LogP contribution in [0, 0.1) is 0 Å². The molecule has 0 amide bonds. The number of hydrogen-bond acceptors (Lipinski definition) is 4. The van der Waals surface area contributed by atoms with E-state index in [0.717, 1.165) is 27.5 Å². The highest BCUT2D eigenvalue weighted by Crippen LogP contribution is 2.27. The third kappa shape index (κ3) is 3.61. The molecule has 0 aliphatic carbocycles. The number of pyridine rings is 1. The maximum atomic E-state index is 5.63. The summed E-state index contributed by atoms with van der Waals surface area (Å²) in [7, 11) is 0. The van der Waals surface area contributed by atoms with Crippen molar-refractivity contribution in [1.82, 2.24) is 10.4 Å². The van der Waals surface area contributed by atoms with E-state index in [1.807, 2.05) is 6.07 Å². The summed E-state index contributed by atoms with van der Waals surface area (Å²) in [6.07, 6.45) is 3.70. The number of nitrogens with one attached hydrogen (secondary N) is 1. The molecule has 18 heavy (non-hydrogen) atoms. The Balaban J connectivity index is 2.08. The molecule has 2 aromatic heterocycles. The zero-order valence-electron chi connectivity index (χ0n) is 9.57. The van der Waals surface area contributed by atoms with Gasteiger partial charge in [-0.2, -0.15) is 0 Å². The molecule has 96 valence electrons. The van der Waals surface area contributed by atoms with Gasteiger partial charge in [-0.3, -0.25) is 16.3 Å². The van der Waals surface area contributed by atoms with E-state index in [9.17, 15) is 0 Å². The molecule has 2 heterocycles. The third-order valence-electron chi connectivity index (χ3n) is 2.63. The van der Waals surface area contributed by atoms with Crippen LogP contribution in [0.3, 0.4) is 0 Å². The second-order valence-corrected chi connectivity index (χ2v) is 6.66. The number of rotatable bonds is 5. The lowest BCUT2D eigenvalue weighted by Gasteiger charge is -2.16. The van der Waals surface area contributed by atoms with Crippen LogP contribution >= 0.6 is 43.2 Å². The fourth-order valence-electron chi connectivity index (χ4n) is 1.72. The number of nitrogens with zero attached hydrogens (tertiary/aromatic N) is 1. The molecule has 2 rings (SSSR count). The summed E-state index contributed by atoms with van der Waals surface area (Å²) in [6, 6.07) is 6.24. The Kier molecular flexibility index (Phi) is 5.32. The van der Waals surface area contributed by atoms with Crippen LogP contribution in [0.15, 0.2) is 38.7 Å². The van der Waals surface area contributed by atoms with E-state index in [1.165, 1.54) is 4.88 Å². The summed E-state index contributed by atoms with van der Waals surface area (Å²) < 4.78 is 1.91. The molecule has 1 unspecified atom stereocenters. The molecule has 0 aliphatic rings. The second kappa shape index (κ2) is 6.77. The van der Waals surface area contributed by atoms with Gasteiger partial charge in [0.25, 0.3) is 0 Å². The van der Waals surface area contributed by atoms with Crippen LogP contribution in [0.1, 0.15) is 23.0 Å². The predicted molar refractivity (Wildman–Crippen MR) is 82.3 cm³/mol. The van der Waals surface area contributed by atoms with E-state index >= 15 is 0 Å². The highest BCUT2D eigenvalue weighted by atomic mass is 79.9. The fourth-order valence-corrected chi connectivity index (χ4v) is 3.71. The van der Waals surface area contributed by atoms with Crippen molar-refractivity contribution in [2.75, 3.05) is 0 Å². The standard InChI is InChI=1S/C12H13Br2N3S/c13-8-6-10(14)12(16-7-8)11(17-15)4-3-9-2-1-5-18-9/h1-2,5-7,11,17H,3-4,15H2. The number of hydrogen-bond donors (Lipinski definition) is 2. The van der Waals surface area contributed by atoms with Crippen molar-refractivity contribution in [3.05, 3.63) is 49.3 Å². The minimum Gasteiger partial charge on any atom is -0.271 e. The molecule has 0 aromatic carbocycles.